The molecule has 3 atom stereocenters. The first-order valence-electron chi connectivity index (χ1n) is 17.1. The second-order valence-electron chi connectivity index (χ2n) is 15.9. The molecule has 0 bridgehead atoms. The number of hydrogen-bond acceptors (Lipinski definition) is 4. The maximum atomic E-state index is 12.4. The lowest BCUT2D eigenvalue weighted by Gasteiger charge is -2.36. The third kappa shape index (κ3) is 7.89. The Morgan fingerprint density at radius 3 is 2.24 bits per heavy atom. The lowest BCUT2D eigenvalue weighted by atomic mass is 9.85. The Labute approximate surface area is 271 Å². The van der Waals surface area contributed by atoms with Gasteiger partial charge in [0.25, 0.3) is 0 Å². The van der Waals surface area contributed by atoms with Crippen LogP contribution >= 0.6 is 0 Å². The third-order valence-corrected chi connectivity index (χ3v) is 10.2. The summed E-state index contributed by atoms with van der Waals surface area (Å²) in [6.07, 6.45) is 3.14. The molecule has 2 aromatic carbocycles. The summed E-state index contributed by atoms with van der Waals surface area (Å²) in [6.45, 7) is 23.0. The molecule has 0 aliphatic carbocycles. The molecule has 0 radical (unpaired) electrons. The number of piperidine rings is 1. The van der Waals surface area contributed by atoms with E-state index in [4.69, 9.17) is 5.10 Å². The third-order valence-electron chi connectivity index (χ3n) is 10.2. The molecule has 0 amide bonds. The Morgan fingerprint density at radius 2 is 1.67 bits per heavy atom. The number of aliphatic carboxylic acids is 1. The summed E-state index contributed by atoms with van der Waals surface area (Å²) < 4.78 is 2.24. The van der Waals surface area contributed by atoms with E-state index in [-0.39, 0.29) is 10.8 Å². The first-order valence-corrected chi connectivity index (χ1v) is 17.1. The molecule has 3 aromatic rings. The number of carboxylic acids is 1. The lowest BCUT2D eigenvalue weighted by Crippen LogP contribution is -2.48. The maximum absolute atomic E-state index is 12.4. The van der Waals surface area contributed by atoms with Gasteiger partial charge in [0, 0.05) is 50.1 Å². The Hall–Kier alpha value is -2.96. The van der Waals surface area contributed by atoms with Crippen LogP contribution in [0.2, 0.25) is 0 Å². The van der Waals surface area contributed by atoms with Crippen LogP contribution in [0.5, 0.6) is 0 Å². The second-order valence-corrected chi connectivity index (χ2v) is 15.9. The maximum Gasteiger partial charge on any atom is 0.321 e. The molecule has 0 spiro atoms. The van der Waals surface area contributed by atoms with Gasteiger partial charge in [-0.3, -0.25) is 14.4 Å². The number of benzene rings is 2. The monoisotopic (exact) mass is 612 g/mol. The van der Waals surface area contributed by atoms with E-state index in [1.54, 1.807) is 0 Å². The summed E-state index contributed by atoms with van der Waals surface area (Å²) in [4.78, 5) is 17.3. The number of likely N-dealkylation sites (tertiary alicyclic amines) is 2. The van der Waals surface area contributed by atoms with E-state index in [0.717, 1.165) is 64.2 Å². The van der Waals surface area contributed by atoms with Crippen molar-refractivity contribution in [3.05, 3.63) is 88.2 Å². The van der Waals surface area contributed by atoms with Gasteiger partial charge in [-0.1, -0.05) is 95.6 Å². The molecule has 2 saturated heterocycles. The minimum absolute atomic E-state index is 0.163. The zero-order valence-electron chi connectivity index (χ0n) is 29.0. The number of carboxylic acid groups (broad SMARTS) is 1. The van der Waals surface area contributed by atoms with Gasteiger partial charge in [0.1, 0.15) is 6.04 Å². The van der Waals surface area contributed by atoms with Gasteiger partial charge < -0.3 is 10.0 Å². The number of hydrogen-bond donors (Lipinski definition) is 1. The van der Waals surface area contributed by atoms with Crippen LogP contribution in [0.15, 0.2) is 54.6 Å². The SMILES string of the molecule is CCn1nc(Cc2ccc(C(C)(C)C)cc2)cc1C1CCN(C[C@H]2CN([C@@H](C(=O)O)C(C)(C)C)C[C@@H]2c2cccc(C)c2)CC1. The highest BCUT2D eigenvalue weighted by Gasteiger charge is 2.44. The fourth-order valence-electron chi connectivity index (χ4n) is 7.88. The molecule has 6 heteroatoms. The molecule has 5 rings (SSSR count). The van der Waals surface area contributed by atoms with Crippen LogP contribution in [0, 0.1) is 18.3 Å². The molecule has 1 aromatic heterocycles. The predicted octanol–water partition coefficient (Wildman–Crippen LogP) is 7.49. The van der Waals surface area contributed by atoms with Crippen LogP contribution in [0.3, 0.4) is 0 Å². The van der Waals surface area contributed by atoms with Gasteiger partial charge in [-0.25, -0.2) is 0 Å². The van der Waals surface area contributed by atoms with Gasteiger partial charge in [-0.15, -0.1) is 0 Å². The highest BCUT2D eigenvalue weighted by Crippen LogP contribution is 2.39. The molecule has 2 aliphatic rings. The smallest absolute Gasteiger partial charge is 0.321 e. The summed E-state index contributed by atoms with van der Waals surface area (Å²) in [5, 5.41) is 15.3. The van der Waals surface area contributed by atoms with Gasteiger partial charge >= 0.3 is 5.97 Å². The Bertz CT molecular complexity index is 1440. The molecule has 244 valence electrons. The van der Waals surface area contributed by atoms with Crippen molar-refractivity contribution in [1.82, 2.24) is 19.6 Å². The Balaban J connectivity index is 1.25. The Kier molecular flexibility index (Phi) is 9.96. The first kappa shape index (κ1) is 33.4. The van der Waals surface area contributed by atoms with Crippen molar-refractivity contribution in [2.75, 3.05) is 32.7 Å². The molecule has 1 N–H and O–H groups in total. The van der Waals surface area contributed by atoms with E-state index in [2.05, 4.69) is 124 Å². The standard InChI is InChI=1S/C39H56N4O2/c1-9-43-35(23-33(40-43)22-28-13-15-32(16-14-28)38(3,4)5)29-17-19-41(20-18-29)24-31-25-42(36(37(44)45)39(6,7)8)26-34(31)30-12-10-11-27(2)21-30/h10-16,21,23,29,31,34,36H,9,17-20,22,24-26H2,1-8H3,(H,44,45)/t31-,34+,36-/m0/s1. The van der Waals surface area contributed by atoms with Gasteiger partial charge in [0.05, 0.1) is 5.69 Å². The van der Waals surface area contributed by atoms with Crippen LogP contribution < -0.4 is 0 Å². The number of aromatic nitrogens is 2. The van der Waals surface area contributed by atoms with Gasteiger partial charge in [0.2, 0.25) is 0 Å². The van der Waals surface area contributed by atoms with Crippen molar-refractivity contribution in [3.63, 3.8) is 0 Å². The van der Waals surface area contributed by atoms with E-state index in [0.29, 0.717) is 17.8 Å². The zero-order valence-corrected chi connectivity index (χ0v) is 29.0. The topological polar surface area (TPSA) is 61.6 Å². The minimum atomic E-state index is -0.708. The molecule has 0 unspecified atom stereocenters. The van der Waals surface area contributed by atoms with E-state index in [1.807, 2.05) is 0 Å². The van der Waals surface area contributed by atoms with E-state index >= 15 is 0 Å². The number of aryl methyl sites for hydroxylation is 2. The molecule has 2 aliphatic heterocycles. The average Bonchev–Trinajstić information content (AvgIpc) is 3.56. The normalized spacial score (nSPS) is 21.3. The minimum Gasteiger partial charge on any atom is -0.480 e. The summed E-state index contributed by atoms with van der Waals surface area (Å²) in [6, 6.07) is 19.8. The predicted molar refractivity (Wildman–Crippen MR) is 184 cm³/mol. The van der Waals surface area contributed by atoms with Crippen molar-refractivity contribution in [2.24, 2.45) is 11.3 Å². The molecule has 6 nitrogen and oxygen atoms in total. The first-order chi connectivity index (χ1) is 21.2. The quantitative estimate of drug-likeness (QED) is 0.271. The van der Waals surface area contributed by atoms with Crippen LogP contribution in [-0.4, -0.2) is 69.4 Å². The molecule has 3 heterocycles. The van der Waals surface area contributed by atoms with Gasteiger partial charge in [0.15, 0.2) is 0 Å². The molecular formula is C39H56N4O2. The molecular weight excluding hydrogens is 556 g/mol. The fraction of sp³-hybridized carbons (Fsp3) is 0.590. The van der Waals surface area contributed by atoms with Gasteiger partial charge in [-0.2, -0.15) is 5.10 Å². The fourth-order valence-corrected chi connectivity index (χ4v) is 7.88. The second kappa shape index (κ2) is 13.4. The van der Waals surface area contributed by atoms with Crippen LogP contribution in [0.25, 0.3) is 0 Å². The van der Waals surface area contributed by atoms with Crippen molar-refractivity contribution < 1.29 is 9.90 Å². The van der Waals surface area contributed by atoms with Crippen molar-refractivity contribution in [3.8, 4) is 0 Å². The molecule has 45 heavy (non-hydrogen) atoms. The van der Waals surface area contributed by atoms with Gasteiger partial charge in [-0.05, 0) is 79.3 Å². The summed E-state index contributed by atoms with van der Waals surface area (Å²) in [5.41, 5.74) is 7.69. The molecule has 0 saturated carbocycles. The number of rotatable bonds is 9. The molecule has 2 fully saturated rings. The zero-order chi connectivity index (χ0) is 32.5. The Morgan fingerprint density at radius 1 is 0.978 bits per heavy atom. The summed E-state index contributed by atoms with van der Waals surface area (Å²) in [7, 11) is 0. The van der Waals surface area contributed by atoms with Crippen LogP contribution in [-0.2, 0) is 23.2 Å². The van der Waals surface area contributed by atoms with E-state index < -0.39 is 12.0 Å². The van der Waals surface area contributed by atoms with Crippen LogP contribution in [0.1, 0.15) is 107 Å². The van der Waals surface area contributed by atoms with Crippen molar-refractivity contribution in [2.45, 2.75) is 104 Å². The summed E-state index contributed by atoms with van der Waals surface area (Å²) >= 11 is 0. The lowest BCUT2D eigenvalue weighted by molar-refractivity contribution is -0.147. The number of nitrogens with zero attached hydrogens (tertiary/aromatic N) is 4. The van der Waals surface area contributed by atoms with E-state index in [9.17, 15) is 9.90 Å². The summed E-state index contributed by atoms with van der Waals surface area (Å²) in [5.74, 6) is 0.565. The van der Waals surface area contributed by atoms with Crippen molar-refractivity contribution in [1.29, 1.82) is 0 Å². The average molecular weight is 613 g/mol. The highest BCUT2D eigenvalue weighted by molar-refractivity contribution is 5.74. The van der Waals surface area contributed by atoms with Crippen LogP contribution in [0.4, 0.5) is 0 Å². The number of carbonyl (C=O) groups is 1. The van der Waals surface area contributed by atoms with Crippen molar-refractivity contribution >= 4 is 5.97 Å². The highest BCUT2D eigenvalue weighted by atomic mass is 16.4. The largest absolute Gasteiger partial charge is 0.480 e. The van der Waals surface area contributed by atoms with E-state index in [1.165, 1.54) is 27.9 Å².